The molecule has 2 N–H and O–H groups in total. The average molecular weight is 526 g/mol. The third-order valence-corrected chi connectivity index (χ3v) is 7.90. The monoisotopic (exact) mass is 525 g/mol. The van der Waals surface area contributed by atoms with Gasteiger partial charge < -0.3 is 10.4 Å². The molecule has 0 spiro atoms. The number of thiophene rings is 1. The Labute approximate surface area is 224 Å². The summed E-state index contributed by atoms with van der Waals surface area (Å²) in [6.45, 7) is 7.64. The summed E-state index contributed by atoms with van der Waals surface area (Å²) in [7, 11) is 0. The molecule has 1 unspecified atom stereocenters. The van der Waals surface area contributed by atoms with Gasteiger partial charge in [0.2, 0.25) is 5.91 Å². The number of aliphatic carboxylic acids is 1. The van der Waals surface area contributed by atoms with Gasteiger partial charge in [-0.25, -0.2) is 0 Å². The Balaban J connectivity index is 1.52. The lowest BCUT2D eigenvalue weighted by molar-refractivity contribution is -0.141. The van der Waals surface area contributed by atoms with Crippen LogP contribution >= 0.6 is 11.3 Å². The molecule has 1 amide bonds. The molecule has 0 aliphatic carbocycles. The number of hydrogen-bond acceptors (Lipinski definition) is 6. The van der Waals surface area contributed by atoms with Crippen molar-refractivity contribution in [1.82, 2.24) is 14.8 Å². The van der Waals surface area contributed by atoms with Gasteiger partial charge in [0.25, 0.3) is 0 Å². The first-order chi connectivity index (χ1) is 18.2. The van der Waals surface area contributed by atoms with Crippen molar-refractivity contribution in [2.45, 2.75) is 33.7 Å². The molecule has 192 valence electrons. The second-order valence-electron chi connectivity index (χ2n) is 9.26. The zero-order chi connectivity index (χ0) is 27.0. The Kier molecular flexibility index (Phi) is 6.77. The van der Waals surface area contributed by atoms with E-state index in [0.717, 1.165) is 43.5 Å². The maximum absolute atomic E-state index is 12.3. The standard InChI is InChI=1S/C29H27N5O3S/c1-16-18(3)38-28-24(16)26(31-25(17(2)29(36)37)27-33-32-19(4)34(27)28)21-13-10-20(11-14-21)12-15-23(35)30-22-8-6-5-7-9-22/h5-15,17,25H,1-4H3,(H,30,35)(H,36,37)/t17-,25?/m0/s1. The minimum atomic E-state index is -0.947. The molecule has 0 bridgehead atoms. The molecule has 4 aromatic rings. The molecule has 1 aliphatic rings. The number of nitrogens with one attached hydrogen (secondary N) is 1. The van der Waals surface area contributed by atoms with Crippen molar-refractivity contribution in [3.63, 3.8) is 0 Å². The van der Waals surface area contributed by atoms with Crippen molar-refractivity contribution in [1.29, 1.82) is 0 Å². The fourth-order valence-corrected chi connectivity index (χ4v) is 5.66. The maximum Gasteiger partial charge on any atom is 0.308 e. The zero-order valence-corrected chi connectivity index (χ0v) is 22.3. The molecule has 38 heavy (non-hydrogen) atoms. The highest BCUT2D eigenvalue weighted by molar-refractivity contribution is 7.15. The molecule has 0 saturated carbocycles. The van der Waals surface area contributed by atoms with Crippen molar-refractivity contribution in [3.05, 3.63) is 99.5 Å². The van der Waals surface area contributed by atoms with Crippen molar-refractivity contribution >= 4 is 40.7 Å². The lowest BCUT2D eigenvalue weighted by Crippen LogP contribution is -2.21. The van der Waals surface area contributed by atoms with Gasteiger partial charge in [-0.15, -0.1) is 21.5 Å². The summed E-state index contributed by atoms with van der Waals surface area (Å²) >= 11 is 1.63. The number of carbonyl (C=O) groups is 2. The predicted molar refractivity (Wildman–Crippen MR) is 149 cm³/mol. The highest BCUT2D eigenvalue weighted by Crippen LogP contribution is 2.40. The molecular weight excluding hydrogens is 498 g/mol. The Morgan fingerprint density at radius 3 is 2.45 bits per heavy atom. The molecule has 2 atom stereocenters. The van der Waals surface area contributed by atoms with Crippen LogP contribution in [-0.4, -0.2) is 37.5 Å². The fraction of sp³-hybridized carbons (Fsp3) is 0.207. The molecule has 2 aromatic heterocycles. The third-order valence-electron chi connectivity index (χ3n) is 6.70. The molecule has 0 saturated heterocycles. The molecular formula is C29H27N5O3S. The lowest BCUT2D eigenvalue weighted by atomic mass is 9.97. The van der Waals surface area contributed by atoms with Gasteiger partial charge in [0.15, 0.2) is 5.82 Å². The maximum atomic E-state index is 12.3. The smallest absolute Gasteiger partial charge is 0.308 e. The van der Waals surface area contributed by atoms with Crippen molar-refractivity contribution in [3.8, 4) is 5.00 Å². The van der Waals surface area contributed by atoms with E-state index < -0.39 is 17.9 Å². The van der Waals surface area contributed by atoms with Crippen LogP contribution in [0, 0.1) is 26.7 Å². The first-order valence-corrected chi connectivity index (χ1v) is 13.0. The van der Waals surface area contributed by atoms with Crippen LogP contribution in [0.2, 0.25) is 0 Å². The highest BCUT2D eigenvalue weighted by Gasteiger charge is 2.36. The lowest BCUT2D eigenvalue weighted by Gasteiger charge is -2.16. The van der Waals surface area contributed by atoms with E-state index in [9.17, 15) is 14.7 Å². The number of aliphatic imine (C=N–C) groups is 1. The van der Waals surface area contributed by atoms with Crippen LogP contribution in [0.15, 0.2) is 65.7 Å². The van der Waals surface area contributed by atoms with E-state index in [0.29, 0.717) is 11.6 Å². The van der Waals surface area contributed by atoms with Gasteiger partial charge in [0.05, 0.1) is 11.6 Å². The largest absolute Gasteiger partial charge is 0.481 e. The summed E-state index contributed by atoms with van der Waals surface area (Å²) in [6.07, 6.45) is 3.25. The fourth-order valence-electron chi connectivity index (χ4n) is 4.45. The number of aromatic nitrogens is 3. The predicted octanol–water partition coefficient (Wildman–Crippen LogP) is 5.52. The van der Waals surface area contributed by atoms with E-state index in [-0.39, 0.29) is 5.91 Å². The van der Waals surface area contributed by atoms with Crippen molar-refractivity contribution < 1.29 is 14.7 Å². The number of anilines is 1. The van der Waals surface area contributed by atoms with E-state index in [1.807, 2.05) is 66.1 Å². The molecule has 2 aromatic carbocycles. The minimum Gasteiger partial charge on any atom is -0.481 e. The molecule has 8 nitrogen and oxygen atoms in total. The highest BCUT2D eigenvalue weighted by atomic mass is 32.1. The zero-order valence-electron chi connectivity index (χ0n) is 21.5. The molecule has 1 aliphatic heterocycles. The van der Waals surface area contributed by atoms with Gasteiger partial charge >= 0.3 is 5.97 Å². The number of nitrogens with zero attached hydrogens (tertiary/aromatic N) is 4. The van der Waals surface area contributed by atoms with Crippen LogP contribution in [0.3, 0.4) is 0 Å². The summed E-state index contributed by atoms with van der Waals surface area (Å²) in [5.74, 6) is -0.744. The number of rotatable bonds is 6. The van der Waals surface area contributed by atoms with Crippen LogP contribution in [0.4, 0.5) is 5.69 Å². The van der Waals surface area contributed by atoms with Gasteiger partial charge in [-0.05, 0) is 57.0 Å². The van der Waals surface area contributed by atoms with Crippen LogP contribution in [-0.2, 0) is 9.59 Å². The van der Waals surface area contributed by atoms with Gasteiger partial charge in [-0.3, -0.25) is 19.1 Å². The van der Waals surface area contributed by atoms with Gasteiger partial charge in [0.1, 0.15) is 16.9 Å². The van der Waals surface area contributed by atoms with Crippen LogP contribution in [0.25, 0.3) is 11.1 Å². The number of amides is 1. The van der Waals surface area contributed by atoms with Crippen LogP contribution in [0.5, 0.6) is 0 Å². The normalized spacial score (nSPS) is 15.4. The van der Waals surface area contributed by atoms with Crippen molar-refractivity contribution in [2.24, 2.45) is 10.9 Å². The number of fused-ring (bicyclic) bond motifs is 3. The Bertz CT molecular complexity index is 1580. The first kappa shape index (κ1) is 25.3. The van der Waals surface area contributed by atoms with Crippen LogP contribution < -0.4 is 5.32 Å². The minimum absolute atomic E-state index is 0.216. The van der Waals surface area contributed by atoms with Gasteiger partial charge in [-0.1, -0.05) is 42.5 Å². The second kappa shape index (κ2) is 10.2. The quantitative estimate of drug-likeness (QED) is 0.322. The summed E-state index contributed by atoms with van der Waals surface area (Å²) in [5, 5.41) is 22.2. The first-order valence-electron chi connectivity index (χ1n) is 12.2. The number of benzene rings is 2. The number of carboxylic acids is 1. The Morgan fingerprint density at radius 2 is 1.76 bits per heavy atom. The number of hydrogen-bond donors (Lipinski definition) is 2. The molecule has 0 radical (unpaired) electrons. The van der Waals surface area contributed by atoms with Crippen molar-refractivity contribution in [2.75, 3.05) is 5.32 Å². The molecule has 0 fully saturated rings. The summed E-state index contributed by atoms with van der Waals surface area (Å²) in [6, 6.07) is 16.3. The second-order valence-corrected chi connectivity index (χ2v) is 10.5. The third kappa shape index (κ3) is 4.68. The molecule has 3 heterocycles. The van der Waals surface area contributed by atoms with E-state index in [4.69, 9.17) is 4.99 Å². The Hall–Kier alpha value is -4.37. The van der Waals surface area contributed by atoms with E-state index in [2.05, 4.69) is 29.4 Å². The van der Waals surface area contributed by atoms with E-state index in [1.54, 1.807) is 24.3 Å². The summed E-state index contributed by atoms with van der Waals surface area (Å²) in [4.78, 5) is 30.5. The number of carboxylic acid groups (broad SMARTS) is 1. The van der Waals surface area contributed by atoms with Gasteiger partial charge in [0, 0.05) is 27.8 Å². The van der Waals surface area contributed by atoms with Crippen LogP contribution in [0.1, 0.15) is 51.7 Å². The van der Waals surface area contributed by atoms with E-state index >= 15 is 0 Å². The SMILES string of the molecule is Cc1sc2c(c1C)C(c1ccc(C=CC(=O)Nc3ccccc3)cc1)=NC([C@H](C)C(=O)O)c1nnc(C)n1-2. The number of aryl methyl sites for hydroxylation is 2. The average Bonchev–Trinajstić information content (AvgIpc) is 3.37. The number of carbonyl (C=O) groups excluding carboxylic acids is 1. The summed E-state index contributed by atoms with van der Waals surface area (Å²) < 4.78 is 1.95. The van der Waals surface area contributed by atoms with E-state index in [1.165, 1.54) is 6.08 Å². The Morgan fingerprint density at radius 1 is 1.05 bits per heavy atom. The summed E-state index contributed by atoms with van der Waals surface area (Å²) in [5.41, 5.74) is 5.22. The number of para-hydroxylation sites is 1. The van der Waals surface area contributed by atoms with Gasteiger partial charge in [-0.2, -0.15) is 0 Å². The molecule has 9 heteroatoms. The molecule has 5 rings (SSSR count). The topological polar surface area (TPSA) is 109 Å².